The number of β-amino-alcohol motifs (C(OH)–C–C–N with tert-alkyl or cyclic N) is 2. The van der Waals surface area contributed by atoms with E-state index in [1.54, 1.807) is 18.2 Å². The van der Waals surface area contributed by atoms with Gasteiger partial charge < -0.3 is 19.8 Å². The minimum atomic E-state index is -0.874. The SMILES string of the molecule is CC.Cc1cc(Cl)ccc1OCC(=O)N1CC(O)C(O)C1. The van der Waals surface area contributed by atoms with E-state index in [0.29, 0.717) is 10.8 Å². The van der Waals surface area contributed by atoms with Crippen molar-refractivity contribution in [2.24, 2.45) is 0 Å². The van der Waals surface area contributed by atoms with E-state index in [0.717, 1.165) is 5.56 Å². The topological polar surface area (TPSA) is 70.0 Å². The van der Waals surface area contributed by atoms with Crippen molar-refractivity contribution >= 4 is 17.5 Å². The van der Waals surface area contributed by atoms with Crippen molar-refractivity contribution in [2.45, 2.75) is 33.0 Å². The third kappa shape index (κ3) is 4.88. The number of hydrogen-bond donors (Lipinski definition) is 2. The zero-order valence-electron chi connectivity index (χ0n) is 12.5. The number of rotatable bonds is 3. The van der Waals surface area contributed by atoms with E-state index in [1.807, 2.05) is 20.8 Å². The van der Waals surface area contributed by atoms with Crippen LogP contribution < -0.4 is 4.74 Å². The smallest absolute Gasteiger partial charge is 0.260 e. The minimum absolute atomic E-state index is 0.123. The Morgan fingerprint density at radius 3 is 2.43 bits per heavy atom. The zero-order chi connectivity index (χ0) is 16.0. The predicted octanol–water partition coefficient (Wildman–Crippen LogP) is 1.62. The van der Waals surface area contributed by atoms with E-state index in [1.165, 1.54) is 4.90 Å². The fourth-order valence-electron chi connectivity index (χ4n) is 1.98. The number of halogens is 1. The molecule has 2 atom stereocenters. The molecule has 1 aromatic rings. The van der Waals surface area contributed by atoms with Crippen LogP contribution in [-0.4, -0.2) is 52.9 Å². The second-order valence-corrected chi connectivity index (χ2v) is 5.07. The summed E-state index contributed by atoms with van der Waals surface area (Å²) in [6, 6.07) is 5.15. The van der Waals surface area contributed by atoms with E-state index < -0.39 is 12.2 Å². The molecule has 5 nitrogen and oxygen atoms in total. The van der Waals surface area contributed by atoms with E-state index in [2.05, 4.69) is 0 Å². The Bertz CT molecular complexity index is 471. The number of hydrogen-bond acceptors (Lipinski definition) is 4. The quantitative estimate of drug-likeness (QED) is 0.889. The lowest BCUT2D eigenvalue weighted by atomic mass is 10.2. The molecular formula is C15H22ClNO4. The molecule has 0 aromatic heterocycles. The normalized spacial score (nSPS) is 20.8. The van der Waals surface area contributed by atoms with Gasteiger partial charge in [0.2, 0.25) is 0 Å². The third-order valence-corrected chi connectivity index (χ3v) is 3.33. The summed E-state index contributed by atoms with van der Waals surface area (Å²) in [6.07, 6.45) is -1.75. The molecule has 0 radical (unpaired) electrons. The van der Waals surface area contributed by atoms with Gasteiger partial charge in [0, 0.05) is 18.1 Å². The first-order valence-corrected chi connectivity index (χ1v) is 7.38. The van der Waals surface area contributed by atoms with Gasteiger partial charge in [-0.05, 0) is 30.7 Å². The van der Waals surface area contributed by atoms with Gasteiger partial charge in [-0.1, -0.05) is 25.4 Å². The number of likely N-dealkylation sites (tertiary alicyclic amines) is 1. The monoisotopic (exact) mass is 315 g/mol. The summed E-state index contributed by atoms with van der Waals surface area (Å²) >= 11 is 5.83. The Kier molecular flexibility index (Phi) is 6.95. The average Bonchev–Trinajstić information content (AvgIpc) is 2.80. The summed E-state index contributed by atoms with van der Waals surface area (Å²) in [4.78, 5) is 13.2. The highest BCUT2D eigenvalue weighted by Crippen LogP contribution is 2.22. The lowest BCUT2D eigenvalue weighted by Crippen LogP contribution is -2.34. The Morgan fingerprint density at radius 2 is 1.90 bits per heavy atom. The average molecular weight is 316 g/mol. The van der Waals surface area contributed by atoms with Crippen molar-refractivity contribution in [3.63, 3.8) is 0 Å². The molecule has 118 valence electrons. The molecule has 0 spiro atoms. The molecule has 2 N–H and O–H groups in total. The summed E-state index contributed by atoms with van der Waals surface area (Å²) < 4.78 is 5.42. The molecule has 21 heavy (non-hydrogen) atoms. The third-order valence-electron chi connectivity index (χ3n) is 3.10. The van der Waals surface area contributed by atoms with E-state index >= 15 is 0 Å². The molecule has 1 aromatic carbocycles. The summed E-state index contributed by atoms with van der Waals surface area (Å²) in [5, 5.41) is 19.4. The van der Waals surface area contributed by atoms with Crippen molar-refractivity contribution < 1.29 is 19.7 Å². The molecule has 0 saturated carbocycles. The Balaban J connectivity index is 0.00000106. The van der Waals surface area contributed by atoms with Crippen molar-refractivity contribution in [1.29, 1.82) is 0 Å². The lowest BCUT2D eigenvalue weighted by Gasteiger charge is -2.16. The summed E-state index contributed by atoms with van der Waals surface area (Å²) in [7, 11) is 0. The van der Waals surface area contributed by atoms with Crippen LogP contribution in [0.2, 0.25) is 5.02 Å². The molecule has 6 heteroatoms. The number of ether oxygens (including phenoxy) is 1. The van der Waals surface area contributed by atoms with E-state index in [-0.39, 0.29) is 25.6 Å². The maximum Gasteiger partial charge on any atom is 0.260 e. The van der Waals surface area contributed by atoms with Crippen LogP contribution >= 0.6 is 11.6 Å². The van der Waals surface area contributed by atoms with Crippen LogP contribution in [0, 0.1) is 6.92 Å². The van der Waals surface area contributed by atoms with E-state index in [9.17, 15) is 15.0 Å². The van der Waals surface area contributed by atoms with Gasteiger partial charge in [-0.25, -0.2) is 0 Å². The van der Waals surface area contributed by atoms with Gasteiger partial charge in [0.05, 0.1) is 12.2 Å². The van der Waals surface area contributed by atoms with Crippen molar-refractivity contribution in [3.8, 4) is 5.75 Å². The molecular weight excluding hydrogens is 294 g/mol. The number of aliphatic hydroxyl groups excluding tert-OH is 2. The number of carbonyl (C=O) groups excluding carboxylic acids is 1. The molecule has 0 bridgehead atoms. The maximum absolute atomic E-state index is 11.8. The number of amides is 1. The largest absolute Gasteiger partial charge is 0.483 e. The van der Waals surface area contributed by atoms with Crippen LogP contribution in [0.15, 0.2) is 18.2 Å². The highest BCUT2D eigenvalue weighted by atomic mass is 35.5. The van der Waals surface area contributed by atoms with Crippen molar-refractivity contribution in [3.05, 3.63) is 28.8 Å². The highest BCUT2D eigenvalue weighted by Gasteiger charge is 2.32. The van der Waals surface area contributed by atoms with Gasteiger partial charge >= 0.3 is 0 Å². The molecule has 1 amide bonds. The van der Waals surface area contributed by atoms with Gasteiger partial charge in [0.1, 0.15) is 5.75 Å². The van der Waals surface area contributed by atoms with Crippen molar-refractivity contribution in [2.75, 3.05) is 19.7 Å². The van der Waals surface area contributed by atoms with Gasteiger partial charge in [-0.3, -0.25) is 4.79 Å². The highest BCUT2D eigenvalue weighted by molar-refractivity contribution is 6.30. The Labute approximate surface area is 130 Å². The number of nitrogens with zero attached hydrogens (tertiary/aromatic N) is 1. The molecule has 1 fully saturated rings. The summed E-state index contributed by atoms with van der Waals surface area (Å²) in [6.45, 7) is 6.00. The fraction of sp³-hybridized carbons (Fsp3) is 0.533. The first-order valence-electron chi connectivity index (χ1n) is 7.00. The maximum atomic E-state index is 11.8. The summed E-state index contributed by atoms with van der Waals surface area (Å²) in [5.41, 5.74) is 0.849. The fourth-order valence-corrected chi connectivity index (χ4v) is 2.21. The molecule has 1 saturated heterocycles. The van der Waals surface area contributed by atoms with Gasteiger partial charge in [0.25, 0.3) is 5.91 Å². The first kappa shape index (κ1) is 17.8. The van der Waals surface area contributed by atoms with Gasteiger partial charge in [-0.2, -0.15) is 0 Å². The van der Waals surface area contributed by atoms with Crippen LogP contribution in [0.4, 0.5) is 0 Å². The predicted molar refractivity (Wildman–Crippen MR) is 81.6 cm³/mol. The van der Waals surface area contributed by atoms with Crippen LogP contribution in [0.25, 0.3) is 0 Å². The molecule has 0 aliphatic carbocycles. The second-order valence-electron chi connectivity index (χ2n) is 4.63. The molecule has 2 rings (SSSR count). The van der Waals surface area contributed by atoms with Gasteiger partial charge in [0.15, 0.2) is 6.61 Å². The second kappa shape index (κ2) is 8.22. The van der Waals surface area contributed by atoms with Crippen LogP contribution in [0.1, 0.15) is 19.4 Å². The zero-order valence-corrected chi connectivity index (χ0v) is 13.3. The number of aryl methyl sites for hydroxylation is 1. The van der Waals surface area contributed by atoms with Gasteiger partial charge in [-0.15, -0.1) is 0 Å². The van der Waals surface area contributed by atoms with Crippen LogP contribution in [0.5, 0.6) is 5.75 Å². The minimum Gasteiger partial charge on any atom is -0.483 e. The van der Waals surface area contributed by atoms with Crippen LogP contribution in [-0.2, 0) is 4.79 Å². The molecule has 2 unspecified atom stereocenters. The standard InChI is InChI=1S/C13H16ClNO4.C2H6/c1-8-4-9(14)2-3-12(8)19-7-13(18)15-5-10(16)11(17)6-15;1-2/h2-4,10-11,16-17H,5-7H2,1H3;1-2H3. The molecule has 1 aliphatic rings. The first-order chi connectivity index (χ1) is 9.97. The summed E-state index contributed by atoms with van der Waals surface area (Å²) in [5.74, 6) is 0.336. The Hall–Kier alpha value is -1.30. The van der Waals surface area contributed by atoms with Crippen molar-refractivity contribution in [1.82, 2.24) is 4.90 Å². The van der Waals surface area contributed by atoms with Crippen LogP contribution in [0.3, 0.4) is 0 Å². The number of aliphatic hydroxyl groups is 2. The lowest BCUT2D eigenvalue weighted by molar-refractivity contribution is -0.132. The number of carbonyl (C=O) groups is 1. The molecule has 1 heterocycles. The van der Waals surface area contributed by atoms with E-state index in [4.69, 9.17) is 16.3 Å². The number of benzene rings is 1. The molecule has 1 aliphatic heterocycles. The Morgan fingerprint density at radius 1 is 1.33 bits per heavy atom.